The monoisotopic (exact) mass is 427 g/mol. The number of rotatable bonds is 4. The van der Waals surface area contributed by atoms with Gasteiger partial charge in [-0.2, -0.15) is 0 Å². The lowest BCUT2D eigenvalue weighted by atomic mass is 10.2. The molecular weight excluding hydrogens is 405 g/mol. The SMILES string of the molecule is CC(C)(C)Oc1ccc(CN=C(N)Nc2ccccn2)cn1.I. The number of hydrogen-bond acceptors (Lipinski definition) is 4. The van der Waals surface area contributed by atoms with E-state index in [0.717, 1.165) is 5.56 Å². The summed E-state index contributed by atoms with van der Waals surface area (Å²) in [6, 6.07) is 9.29. The topological polar surface area (TPSA) is 85.4 Å². The van der Waals surface area contributed by atoms with Gasteiger partial charge in [-0.05, 0) is 38.5 Å². The lowest BCUT2D eigenvalue weighted by Gasteiger charge is -2.20. The van der Waals surface area contributed by atoms with E-state index in [9.17, 15) is 0 Å². The van der Waals surface area contributed by atoms with Crippen LogP contribution in [0.15, 0.2) is 47.7 Å². The average Bonchev–Trinajstić information content (AvgIpc) is 2.46. The fourth-order valence-corrected chi connectivity index (χ4v) is 1.66. The highest BCUT2D eigenvalue weighted by atomic mass is 127. The number of nitrogens with zero attached hydrogens (tertiary/aromatic N) is 3. The molecule has 0 saturated carbocycles. The van der Waals surface area contributed by atoms with E-state index in [-0.39, 0.29) is 29.6 Å². The summed E-state index contributed by atoms with van der Waals surface area (Å²) in [5, 5.41) is 2.93. The number of hydrogen-bond donors (Lipinski definition) is 2. The predicted octanol–water partition coefficient (Wildman–Crippen LogP) is 3.20. The maximum Gasteiger partial charge on any atom is 0.213 e. The third-order valence-electron chi connectivity index (χ3n) is 2.56. The molecule has 0 aliphatic rings. The normalized spacial score (nSPS) is 11.5. The van der Waals surface area contributed by atoms with Gasteiger partial charge in [-0.1, -0.05) is 12.1 Å². The molecule has 2 rings (SSSR count). The second-order valence-corrected chi connectivity index (χ2v) is 5.76. The summed E-state index contributed by atoms with van der Waals surface area (Å²) >= 11 is 0. The molecular formula is C16H22IN5O. The first-order valence-corrected chi connectivity index (χ1v) is 7.04. The number of halogens is 1. The molecule has 0 aliphatic heterocycles. The molecule has 2 heterocycles. The van der Waals surface area contributed by atoms with E-state index in [1.165, 1.54) is 0 Å². The van der Waals surface area contributed by atoms with E-state index in [0.29, 0.717) is 24.2 Å². The Hall–Kier alpha value is -1.90. The molecule has 7 heteroatoms. The highest BCUT2D eigenvalue weighted by molar-refractivity contribution is 14.0. The average molecular weight is 427 g/mol. The first kappa shape index (κ1) is 19.1. The van der Waals surface area contributed by atoms with Crippen LogP contribution in [-0.2, 0) is 6.54 Å². The van der Waals surface area contributed by atoms with Crippen LogP contribution in [0.1, 0.15) is 26.3 Å². The molecule has 3 N–H and O–H groups in total. The summed E-state index contributed by atoms with van der Waals surface area (Å²) in [7, 11) is 0. The Balaban J connectivity index is 0.00000264. The van der Waals surface area contributed by atoms with Crippen molar-refractivity contribution >= 4 is 35.8 Å². The minimum absolute atomic E-state index is 0. The Morgan fingerprint density at radius 1 is 1.22 bits per heavy atom. The van der Waals surface area contributed by atoms with Gasteiger partial charge < -0.3 is 15.8 Å². The molecule has 0 fully saturated rings. The van der Waals surface area contributed by atoms with E-state index in [1.807, 2.05) is 51.1 Å². The fourth-order valence-electron chi connectivity index (χ4n) is 1.66. The van der Waals surface area contributed by atoms with E-state index < -0.39 is 0 Å². The Bertz CT molecular complexity index is 623. The highest BCUT2D eigenvalue weighted by Gasteiger charge is 2.12. The van der Waals surface area contributed by atoms with Gasteiger partial charge in [-0.15, -0.1) is 24.0 Å². The van der Waals surface area contributed by atoms with Crippen molar-refractivity contribution in [3.05, 3.63) is 48.3 Å². The molecule has 2 aromatic rings. The molecule has 0 spiro atoms. The van der Waals surface area contributed by atoms with Crippen LogP contribution < -0.4 is 15.8 Å². The molecule has 0 atom stereocenters. The number of pyridine rings is 2. The molecule has 124 valence electrons. The van der Waals surface area contributed by atoms with Crippen molar-refractivity contribution < 1.29 is 4.74 Å². The summed E-state index contributed by atoms with van der Waals surface area (Å²) < 4.78 is 5.67. The maximum absolute atomic E-state index is 5.82. The Morgan fingerprint density at radius 2 is 2.00 bits per heavy atom. The summed E-state index contributed by atoms with van der Waals surface area (Å²) in [5.41, 5.74) is 6.51. The molecule has 23 heavy (non-hydrogen) atoms. The standard InChI is InChI=1S/C16H21N5O.HI/c1-16(2,3)22-14-8-7-12(10-19-14)11-20-15(17)21-13-6-4-5-9-18-13;/h4-10H,11H2,1-3H3,(H3,17,18,20,21);1H. The Labute approximate surface area is 153 Å². The van der Waals surface area contributed by atoms with Crippen LogP contribution >= 0.6 is 24.0 Å². The minimum atomic E-state index is -0.260. The number of nitrogens with one attached hydrogen (secondary N) is 1. The minimum Gasteiger partial charge on any atom is -0.472 e. The molecule has 0 aromatic carbocycles. The molecule has 0 amide bonds. The molecule has 0 aliphatic carbocycles. The van der Waals surface area contributed by atoms with Crippen LogP contribution in [0.4, 0.5) is 5.82 Å². The number of aromatic nitrogens is 2. The molecule has 0 unspecified atom stereocenters. The molecule has 2 aromatic heterocycles. The van der Waals surface area contributed by atoms with Crippen molar-refractivity contribution in [2.75, 3.05) is 5.32 Å². The van der Waals surface area contributed by atoms with Crippen LogP contribution in [0.2, 0.25) is 0 Å². The van der Waals surface area contributed by atoms with Crippen molar-refractivity contribution in [3.63, 3.8) is 0 Å². The molecule has 0 radical (unpaired) electrons. The van der Waals surface area contributed by atoms with Gasteiger partial charge in [-0.3, -0.25) is 0 Å². The smallest absolute Gasteiger partial charge is 0.213 e. The quantitative estimate of drug-likeness (QED) is 0.445. The van der Waals surface area contributed by atoms with Crippen molar-refractivity contribution in [1.82, 2.24) is 9.97 Å². The zero-order valence-corrected chi connectivity index (χ0v) is 15.8. The van der Waals surface area contributed by atoms with Gasteiger partial charge in [0.25, 0.3) is 0 Å². The van der Waals surface area contributed by atoms with Gasteiger partial charge in [0.1, 0.15) is 11.4 Å². The van der Waals surface area contributed by atoms with Gasteiger partial charge >= 0.3 is 0 Å². The molecule has 6 nitrogen and oxygen atoms in total. The molecule has 0 saturated heterocycles. The second-order valence-electron chi connectivity index (χ2n) is 5.76. The second kappa shape index (κ2) is 8.66. The number of guanidine groups is 1. The van der Waals surface area contributed by atoms with Crippen molar-refractivity contribution in [3.8, 4) is 5.88 Å². The summed E-state index contributed by atoms with van der Waals surface area (Å²) in [6.07, 6.45) is 3.42. The predicted molar refractivity (Wildman–Crippen MR) is 103 cm³/mol. The van der Waals surface area contributed by atoms with E-state index >= 15 is 0 Å². The van der Waals surface area contributed by atoms with Crippen LogP contribution in [0.5, 0.6) is 5.88 Å². The Morgan fingerprint density at radius 3 is 2.57 bits per heavy atom. The number of aliphatic imine (C=N–C) groups is 1. The van der Waals surface area contributed by atoms with E-state index in [1.54, 1.807) is 12.4 Å². The third kappa shape index (κ3) is 7.27. The number of anilines is 1. The first-order valence-electron chi connectivity index (χ1n) is 7.04. The van der Waals surface area contributed by atoms with Gasteiger partial charge in [0, 0.05) is 18.5 Å². The van der Waals surface area contributed by atoms with Crippen LogP contribution in [0.3, 0.4) is 0 Å². The van der Waals surface area contributed by atoms with Crippen molar-refractivity contribution in [2.24, 2.45) is 10.7 Å². The number of ether oxygens (including phenoxy) is 1. The lowest BCUT2D eigenvalue weighted by molar-refractivity contribution is 0.124. The lowest BCUT2D eigenvalue weighted by Crippen LogP contribution is -2.23. The summed E-state index contributed by atoms with van der Waals surface area (Å²) in [5.74, 6) is 1.57. The van der Waals surface area contributed by atoms with Crippen LogP contribution in [0.25, 0.3) is 0 Å². The van der Waals surface area contributed by atoms with E-state index in [2.05, 4.69) is 20.3 Å². The summed E-state index contributed by atoms with van der Waals surface area (Å²) in [4.78, 5) is 12.6. The third-order valence-corrected chi connectivity index (χ3v) is 2.56. The van der Waals surface area contributed by atoms with Crippen molar-refractivity contribution in [1.29, 1.82) is 0 Å². The molecule has 0 bridgehead atoms. The number of nitrogens with two attached hydrogens (primary N) is 1. The van der Waals surface area contributed by atoms with Gasteiger partial charge in [0.15, 0.2) is 5.96 Å². The maximum atomic E-state index is 5.82. The highest BCUT2D eigenvalue weighted by Crippen LogP contribution is 2.15. The first-order chi connectivity index (χ1) is 10.4. The fraction of sp³-hybridized carbons (Fsp3) is 0.312. The van der Waals surface area contributed by atoms with Crippen LogP contribution in [0, 0.1) is 0 Å². The zero-order valence-electron chi connectivity index (χ0n) is 13.5. The Kier molecular flexibility index (Phi) is 7.21. The zero-order chi connectivity index (χ0) is 16.0. The summed E-state index contributed by atoms with van der Waals surface area (Å²) in [6.45, 7) is 6.39. The van der Waals surface area contributed by atoms with Crippen LogP contribution in [-0.4, -0.2) is 21.5 Å². The van der Waals surface area contributed by atoms with Gasteiger partial charge in [0.05, 0.1) is 6.54 Å². The van der Waals surface area contributed by atoms with Gasteiger partial charge in [-0.25, -0.2) is 15.0 Å². The van der Waals surface area contributed by atoms with E-state index in [4.69, 9.17) is 10.5 Å². The largest absolute Gasteiger partial charge is 0.472 e. The van der Waals surface area contributed by atoms with Crippen molar-refractivity contribution in [2.45, 2.75) is 32.9 Å². The van der Waals surface area contributed by atoms with Gasteiger partial charge in [0.2, 0.25) is 5.88 Å².